The zero-order valence-electron chi connectivity index (χ0n) is 50.6. The SMILES string of the molecule is CCCCC/C=C\C/C=C\CCCCCCCC(=O)OC(COC(=O)CCCCCCC/C=C\CCCCCCC)COC(=O)CCCCCCCCCCCCCCCCCCCCCCCCCCCCCC. The summed E-state index contributed by atoms with van der Waals surface area (Å²) in [5.41, 5.74) is 0. The van der Waals surface area contributed by atoms with Crippen molar-refractivity contribution in [2.45, 2.75) is 374 Å². The second-order valence-electron chi connectivity index (χ2n) is 22.7. The lowest BCUT2D eigenvalue weighted by molar-refractivity contribution is -0.167. The number of carbonyl (C=O) groups is 3. The van der Waals surface area contributed by atoms with E-state index in [2.05, 4.69) is 57.2 Å². The lowest BCUT2D eigenvalue weighted by Gasteiger charge is -2.18. The first-order valence-electron chi connectivity index (χ1n) is 33.5. The third kappa shape index (κ3) is 62.4. The lowest BCUT2D eigenvalue weighted by Crippen LogP contribution is -2.30. The van der Waals surface area contributed by atoms with E-state index in [4.69, 9.17) is 14.2 Å². The average Bonchev–Trinajstić information content (AvgIpc) is 3.41. The van der Waals surface area contributed by atoms with Crippen molar-refractivity contribution in [3.63, 3.8) is 0 Å². The van der Waals surface area contributed by atoms with E-state index >= 15 is 0 Å². The van der Waals surface area contributed by atoms with E-state index in [1.54, 1.807) is 0 Å². The van der Waals surface area contributed by atoms with Crippen molar-refractivity contribution in [2.24, 2.45) is 0 Å². The lowest BCUT2D eigenvalue weighted by atomic mass is 10.0. The monoisotopic (exact) mass is 1050 g/mol. The summed E-state index contributed by atoms with van der Waals surface area (Å²) in [4.78, 5) is 38.3. The molecular weight excluding hydrogens is 925 g/mol. The maximum Gasteiger partial charge on any atom is 0.306 e. The van der Waals surface area contributed by atoms with Gasteiger partial charge in [-0.15, -0.1) is 0 Å². The van der Waals surface area contributed by atoms with Crippen LogP contribution in [0.5, 0.6) is 0 Å². The Morgan fingerprint density at radius 3 is 0.773 bits per heavy atom. The Balaban J connectivity index is 4.18. The summed E-state index contributed by atoms with van der Waals surface area (Å²) in [5, 5.41) is 0. The first-order chi connectivity index (χ1) is 37.0. The number of hydrogen-bond acceptors (Lipinski definition) is 6. The largest absolute Gasteiger partial charge is 0.462 e. The van der Waals surface area contributed by atoms with Crippen LogP contribution in [0.1, 0.15) is 367 Å². The van der Waals surface area contributed by atoms with Gasteiger partial charge in [0.25, 0.3) is 0 Å². The third-order valence-electron chi connectivity index (χ3n) is 15.1. The number of ether oxygens (including phenoxy) is 3. The number of hydrogen-bond donors (Lipinski definition) is 0. The fourth-order valence-electron chi connectivity index (χ4n) is 10.1. The van der Waals surface area contributed by atoms with Gasteiger partial charge in [0.1, 0.15) is 13.2 Å². The van der Waals surface area contributed by atoms with Crippen LogP contribution in [-0.2, 0) is 28.6 Å². The van der Waals surface area contributed by atoms with Gasteiger partial charge in [0.15, 0.2) is 6.10 Å². The average molecular weight is 1050 g/mol. The molecule has 0 aromatic carbocycles. The smallest absolute Gasteiger partial charge is 0.306 e. The fourth-order valence-corrected chi connectivity index (χ4v) is 10.1. The molecule has 6 nitrogen and oxygen atoms in total. The topological polar surface area (TPSA) is 78.9 Å². The highest BCUT2D eigenvalue weighted by atomic mass is 16.6. The van der Waals surface area contributed by atoms with Crippen LogP contribution >= 0.6 is 0 Å². The van der Waals surface area contributed by atoms with E-state index in [9.17, 15) is 14.4 Å². The van der Waals surface area contributed by atoms with E-state index in [0.717, 1.165) is 89.9 Å². The molecule has 1 atom stereocenters. The molecule has 0 aliphatic carbocycles. The zero-order valence-corrected chi connectivity index (χ0v) is 50.6. The molecule has 0 aliphatic heterocycles. The van der Waals surface area contributed by atoms with Crippen molar-refractivity contribution < 1.29 is 28.6 Å². The molecule has 0 fully saturated rings. The van der Waals surface area contributed by atoms with Crippen molar-refractivity contribution in [1.29, 1.82) is 0 Å². The van der Waals surface area contributed by atoms with E-state index in [-0.39, 0.29) is 31.1 Å². The minimum Gasteiger partial charge on any atom is -0.462 e. The van der Waals surface area contributed by atoms with Gasteiger partial charge in [-0.25, -0.2) is 0 Å². The first kappa shape index (κ1) is 72.6. The van der Waals surface area contributed by atoms with Crippen LogP contribution < -0.4 is 0 Å². The van der Waals surface area contributed by atoms with Crippen molar-refractivity contribution in [2.75, 3.05) is 13.2 Å². The van der Waals surface area contributed by atoms with Crippen LogP contribution in [0.4, 0.5) is 0 Å². The number of allylic oxidation sites excluding steroid dienone is 6. The van der Waals surface area contributed by atoms with Gasteiger partial charge < -0.3 is 14.2 Å². The molecule has 0 rings (SSSR count). The van der Waals surface area contributed by atoms with Crippen molar-refractivity contribution in [1.82, 2.24) is 0 Å². The molecule has 0 aromatic heterocycles. The second kappa shape index (κ2) is 64.2. The Labute approximate surface area is 467 Å². The normalized spacial score (nSPS) is 12.2. The van der Waals surface area contributed by atoms with Crippen LogP contribution in [0.25, 0.3) is 0 Å². The van der Waals surface area contributed by atoms with E-state index in [1.165, 1.54) is 238 Å². The molecule has 0 aromatic rings. The van der Waals surface area contributed by atoms with E-state index in [0.29, 0.717) is 19.3 Å². The minimum absolute atomic E-state index is 0.0765. The third-order valence-corrected chi connectivity index (χ3v) is 15.1. The van der Waals surface area contributed by atoms with Gasteiger partial charge in [-0.1, -0.05) is 308 Å². The molecular formula is C69H128O6. The molecule has 0 aliphatic rings. The van der Waals surface area contributed by atoms with Crippen LogP contribution in [-0.4, -0.2) is 37.2 Å². The number of esters is 3. The van der Waals surface area contributed by atoms with Gasteiger partial charge >= 0.3 is 17.9 Å². The molecule has 0 bridgehead atoms. The number of rotatable bonds is 62. The standard InChI is InChI=1S/C69H128O6/c1-4-7-10-13-16-19-22-25-28-29-30-31-32-33-34-35-36-37-38-39-40-42-44-47-50-53-56-59-62-68(71)74-65-66(64-73-67(70)61-58-55-52-49-46-43-27-24-21-18-15-12-9-6-3)75-69(72)63-60-57-54-51-48-45-41-26-23-20-17-14-11-8-5-2/h17,20,24,26-27,41,66H,4-16,18-19,21-23,25,28-40,42-65H2,1-3H3/b20-17-,27-24-,41-26-. The molecule has 6 heteroatoms. The quantitative estimate of drug-likeness (QED) is 0.0261. The Morgan fingerprint density at radius 2 is 0.480 bits per heavy atom. The Morgan fingerprint density at radius 1 is 0.267 bits per heavy atom. The van der Waals surface area contributed by atoms with Gasteiger partial charge in [-0.2, -0.15) is 0 Å². The number of carbonyl (C=O) groups excluding carboxylic acids is 3. The Hall–Kier alpha value is -2.37. The van der Waals surface area contributed by atoms with E-state index in [1.807, 2.05) is 0 Å². The molecule has 0 amide bonds. The molecule has 0 saturated carbocycles. The highest BCUT2D eigenvalue weighted by Crippen LogP contribution is 2.18. The summed E-state index contributed by atoms with van der Waals surface area (Å²) in [6.45, 7) is 6.65. The molecule has 0 radical (unpaired) electrons. The Bertz CT molecular complexity index is 1250. The molecule has 75 heavy (non-hydrogen) atoms. The second-order valence-corrected chi connectivity index (χ2v) is 22.7. The van der Waals surface area contributed by atoms with Gasteiger partial charge in [-0.05, 0) is 77.0 Å². The summed E-state index contributed by atoms with van der Waals surface area (Å²) >= 11 is 0. The molecule has 1 unspecified atom stereocenters. The van der Waals surface area contributed by atoms with Gasteiger partial charge in [0, 0.05) is 19.3 Å². The number of unbranched alkanes of at least 4 members (excludes halogenated alkanes) is 45. The van der Waals surface area contributed by atoms with Gasteiger partial charge in [-0.3, -0.25) is 14.4 Å². The predicted molar refractivity (Wildman–Crippen MR) is 326 cm³/mol. The van der Waals surface area contributed by atoms with Gasteiger partial charge in [0.05, 0.1) is 0 Å². The summed E-state index contributed by atoms with van der Waals surface area (Å²) in [6.07, 6.45) is 78.9. The summed E-state index contributed by atoms with van der Waals surface area (Å²) in [7, 11) is 0. The predicted octanol–water partition coefficient (Wildman–Crippen LogP) is 22.8. The first-order valence-corrected chi connectivity index (χ1v) is 33.5. The Kier molecular flexibility index (Phi) is 62.1. The van der Waals surface area contributed by atoms with Crippen molar-refractivity contribution in [3.05, 3.63) is 36.5 Å². The highest BCUT2D eigenvalue weighted by molar-refractivity contribution is 5.71. The molecule has 0 spiro atoms. The summed E-state index contributed by atoms with van der Waals surface area (Å²) in [6, 6.07) is 0. The maximum absolute atomic E-state index is 12.9. The van der Waals surface area contributed by atoms with Crippen molar-refractivity contribution >= 4 is 17.9 Å². The molecule has 0 heterocycles. The van der Waals surface area contributed by atoms with Crippen LogP contribution in [0.2, 0.25) is 0 Å². The van der Waals surface area contributed by atoms with Crippen molar-refractivity contribution in [3.8, 4) is 0 Å². The minimum atomic E-state index is -0.781. The van der Waals surface area contributed by atoms with Crippen LogP contribution in [0.3, 0.4) is 0 Å². The summed E-state index contributed by atoms with van der Waals surface area (Å²) < 4.78 is 16.9. The molecule has 440 valence electrons. The maximum atomic E-state index is 12.9. The molecule has 0 N–H and O–H groups in total. The van der Waals surface area contributed by atoms with Gasteiger partial charge in [0.2, 0.25) is 0 Å². The summed E-state index contributed by atoms with van der Waals surface area (Å²) in [5.74, 6) is -0.877. The van der Waals surface area contributed by atoms with E-state index < -0.39 is 6.10 Å². The van der Waals surface area contributed by atoms with Crippen LogP contribution in [0.15, 0.2) is 36.5 Å². The molecule has 0 saturated heterocycles. The highest BCUT2D eigenvalue weighted by Gasteiger charge is 2.19. The van der Waals surface area contributed by atoms with Crippen LogP contribution in [0, 0.1) is 0 Å². The zero-order chi connectivity index (χ0) is 54.3. The fraction of sp³-hybridized carbons (Fsp3) is 0.870.